The van der Waals surface area contributed by atoms with Crippen LogP contribution in [0.25, 0.3) is 0 Å². The Hall–Kier alpha value is -2.87. The fourth-order valence-corrected chi connectivity index (χ4v) is 3.18. The highest BCUT2D eigenvalue weighted by atomic mass is 32.1. The van der Waals surface area contributed by atoms with E-state index in [0.717, 1.165) is 0 Å². The number of rotatable bonds is 15. The molecule has 0 saturated heterocycles. The molecule has 34 heavy (non-hydrogen) atoms. The van der Waals surface area contributed by atoms with E-state index in [1.165, 1.54) is 24.3 Å². The Morgan fingerprint density at radius 3 is 2.00 bits per heavy atom. The van der Waals surface area contributed by atoms with E-state index in [4.69, 9.17) is 11.5 Å². The van der Waals surface area contributed by atoms with Crippen molar-refractivity contribution in [1.82, 2.24) is 16.0 Å². The van der Waals surface area contributed by atoms with Crippen LogP contribution < -0.4 is 27.4 Å². The lowest BCUT2D eigenvalue weighted by Gasteiger charge is -2.23. The van der Waals surface area contributed by atoms with Crippen LogP contribution in [0.2, 0.25) is 0 Å². The van der Waals surface area contributed by atoms with Gasteiger partial charge in [-0.25, -0.2) is 4.79 Å². The van der Waals surface area contributed by atoms with Gasteiger partial charge in [-0.3, -0.25) is 14.4 Å². The van der Waals surface area contributed by atoms with Crippen molar-refractivity contribution >= 4 is 36.3 Å². The zero-order chi connectivity index (χ0) is 25.7. The molecule has 0 spiro atoms. The smallest absolute Gasteiger partial charge is 0.326 e. The number of amides is 3. The third-order valence-corrected chi connectivity index (χ3v) is 5.29. The minimum Gasteiger partial charge on any atom is -0.508 e. The van der Waals surface area contributed by atoms with Gasteiger partial charge in [0, 0.05) is 12.2 Å². The Kier molecular flexibility index (Phi) is 13.0. The first-order chi connectivity index (χ1) is 16.1. The molecule has 13 heteroatoms. The number of unbranched alkanes of at least 4 members (excludes halogenated alkanes) is 1. The predicted octanol–water partition coefficient (Wildman–Crippen LogP) is -2.15. The quantitative estimate of drug-likeness (QED) is 0.0948. The number of carboxylic acid groups (broad SMARTS) is 1. The monoisotopic (exact) mass is 499 g/mol. The lowest BCUT2D eigenvalue weighted by Crippen LogP contribution is -2.58. The topological polar surface area (TPSA) is 217 Å². The molecule has 0 radical (unpaired) electrons. The summed E-state index contributed by atoms with van der Waals surface area (Å²) in [6.45, 7) is -0.284. The van der Waals surface area contributed by atoms with Gasteiger partial charge in [0.1, 0.15) is 23.9 Å². The maximum atomic E-state index is 12.6. The summed E-state index contributed by atoms with van der Waals surface area (Å²) in [4.78, 5) is 48.9. The molecule has 0 aliphatic rings. The van der Waals surface area contributed by atoms with Crippen LogP contribution in [-0.2, 0) is 25.6 Å². The van der Waals surface area contributed by atoms with Crippen molar-refractivity contribution in [2.45, 2.75) is 49.9 Å². The Bertz CT molecular complexity index is 824. The summed E-state index contributed by atoms with van der Waals surface area (Å²) in [5, 5.41) is 35.3. The number of carbonyl (C=O) groups is 4. The van der Waals surface area contributed by atoms with Gasteiger partial charge in [0.25, 0.3) is 0 Å². The number of phenolic OH excluding ortho intramolecular Hbond substituents is 1. The number of aliphatic hydroxyl groups excluding tert-OH is 1. The first-order valence-electron chi connectivity index (χ1n) is 10.7. The Morgan fingerprint density at radius 1 is 0.912 bits per heavy atom. The zero-order valence-electron chi connectivity index (χ0n) is 18.6. The molecular weight excluding hydrogens is 466 g/mol. The molecule has 3 amide bonds. The minimum absolute atomic E-state index is 0.0135. The number of nitrogens with one attached hydrogen (secondary N) is 3. The van der Waals surface area contributed by atoms with E-state index in [1.807, 2.05) is 0 Å². The molecule has 0 aliphatic heterocycles. The Labute approximate surface area is 202 Å². The lowest BCUT2D eigenvalue weighted by atomic mass is 10.1. The first-order valence-corrected chi connectivity index (χ1v) is 11.3. The molecule has 10 N–H and O–H groups in total. The SMILES string of the molecule is NCCCCC(N)C(=O)NC(CO)C(=O)NC(CS)C(=O)NC(Cc1ccc(O)cc1)C(=O)O. The number of phenols is 1. The predicted molar refractivity (Wildman–Crippen MR) is 127 cm³/mol. The molecule has 0 bridgehead atoms. The highest BCUT2D eigenvalue weighted by Crippen LogP contribution is 2.11. The summed E-state index contributed by atoms with van der Waals surface area (Å²) in [5.74, 6) is -3.76. The number of hydrogen-bond acceptors (Lipinski definition) is 9. The third-order valence-electron chi connectivity index (χ3n) is 4.93. The van der Waals surface area contributed by atoms with Crippen LogP contribution in [0.3, 0.4) is 0 Å². The number of aliphatic carboxylic acids is 1. The normalized spacial score (nSPS) is 14.4. The molecule has 190 valence electrons. The molecule has 0 fully saturated rings. The van der Waals surface area contributed by atoms with E-state index in [2.05, 4.69) is 28.6 Å². The largest absolute Gasteiger partial charge is 0.508 e. The average molecular weight is 500 g/mol. The molecule has 4 atom stereocenters. The number of thiol groups is 1. The van der Waals surface area contributed by atoms with Gasteiger partial charge in [-0.1, -0.05) is 18.6 Å². The third kappa shape index (κ3) is 9.95. The van der Waals surface area contributed by atoms with E-state index in [1.54, 1.807) is 0 Å². The van der Waals surface area contributed by atoms with Gasteiger partial charge in [0.2, 0.25) is 17.7 Å². The molecule has 4 unspecified atom stereocenters. The summed E-state index contributed by atoms with van der Waals surface area (Å²) < 4.78 is 0. The highest BCUT2D eigenvalue weighted by molar-refractivity contribution is 7.80. The number of nitrogens with two attached hydrogens (primary N) is 2. The fraction of sp³-hybridized carbons (Fsp3) is 0.524. The number of carboxylic acids is 1. The van der Waals surface area contributed by atoms with E-state index in [9.17, 15) is 34.5 Å². The number of aromatic hydroxyl groups is 1. The van der Waals surface area contributed by atoms with Gasteiger partial charge < -0.3 is 42.7 Å². The molecule has 0 aliphatic carbocycles. The van der Waals surface area contributed by atoms with Crippen LogP contribution in [-0.4, -0.2) is 82.1 Å². The molecule has 1 aromatic rings. The van der Waals surface area contributed by atoms with Crippen LogP contribution >= 0.6 is 12.6 Å². The van der Waals surface area contributed by atoms with Crippen molar-refractivity contribution in [3.05, 3.63) is 29.8 Å². The Morgan fingerprint density at radius 2 is 1.47 bits per heavy atom. The van der Waals surface area contributed by atoms with Crippen molar-refractivity contribution in [1.29, 1.82) is 0 Å². The van der Waals surface area contributed by atoms with E-state index in [0.29, 0.717) is 31.4 Å². The lowest BCUT2D eigenvalue weighted by molar-refractivity contribution is -0.142. The van der Waals surface area contributed by atoms with Gasteiger partial charge in [0.05, 0.1) is 12.6 Å². The van der Waals surface area contributed by atoms with Gasteiger partial charge in [-0.05, 0) is 37.1 Å². The first kappa shape index (κ1) is 29.2. The number of benzene rings is 1. The van der Waals surface area contributed by atoms with Crippen LogP contribution in [0.4, 0.5) is 0 Å². The standard InChI is InChI=1S/C21H33N5O7S/c22-8-2-1-3-14(23)18(29)25-16(10-27)19(30)26-17(11-34)20(31)24-15(21(32)33)9-12-4-6-13(28)7-5-12/h4-7,14-17,27-28,34H,1-3,8-11,22-23H2,(H,24,31)(H,25,29)(H,26,30)(H,32,33). The second-order valence-electron chi connectivity index (χ2n) is 7.65. The van der Waals surface area contributed by atoms with E-state index in [-0.39, 0.29) is 17.9 Å². The summed E-state index contributed by atoms with van der Waals surface area (Å²) in [6.07, 6.45) is 1.60. The molecule has 12 nitrogen and oxygen atoms in total. The highest BCUT2D eigenvalue weighted by Gasteiger charge is 2.29. The molecule has 1 aromatic carbocycles. The van der Waals surface area contributed by atoms with Gasteiger partial charge in [-0.2, -0.15) is 12.6 Å². The van der Waals surface area contributed by atoms with Gasteiger partial charge in [-0.15, -0.1) is 0 Å². The summed E-state index contributed by atoms with van der Waals surface area (Å²) in [5.41, 5.74) is 11.7. The van der Waals surface area contributed by atoms with Crippen molar-refractivity contribution in [3.63, 3.8) is 0 Å². The van der Waals surface area contributed by atoms with Gasteiger partial charge >= 0.3 is 5.97 Å². The van der Waals surface area contributed by atoms with E-state index >= 15 is 0 Å². The van der Waals surface area contributed by atoms with Crippen molar-refractivity contribution < 1.29 is 34.5 Å². The van der Waals surface area contributed by atoms with Crippen LogP contribution in [0, 0.1) is 0 Å². The van der Waals surface area contributed by atoms with Crippen LogP contribution in [0.15, 0.2) is 24.3 Å². The fourth-order valence-electron chi connectivity index (χ4n) is 2.92. The molecule has 0 heterocycles. The summed E-state index contributed by atoms with van der Waals surface area (Å²) in [7, 11) is 0. The second kappa shape index (κ2) is 15.1. The number of aliphatic hydroxyl groups is 1. The maximum Gasteiger partial charge on any atom is 0.326 e. The van der Waals surface area contributed by atoms with Crippen LogP contribution in [0.1, 0.15) is 24.8 Å². The van der Waals surface area contributed by atoms with Crippen molar-refractivity contribution in [2.24, 2.45) is 11.5 Å². The second-order valence-corrected chi connectivity index (χ2v) is 8.01. The zero-order valence-corrected chi connectivity index (χ0v) is 19.5. The molecule has 0 aromatic heterocycles. The number of carbonyl (C=O) groups excluding carboxylic acids is 3. The van der Waals surface area contributed by atoms with Crippen LogP contribution in [0.5, 0.6) is 5.75 Å². The number of hydrogen-bond donors (Lipinski definition) is 9. The molecular formula is C21H33N5O7S. The van der Waals surface area contributed by atoms with E-state index < -0.39 is 54.5 Å². The molecule has 0 saturated carbocycles. The summed E-state index contributed by atoms with van der Waals surface area (Å²) >= 11 is 4.03. The summed E-state index contributed by atoms with van der Waals surface area (Å²) in [6, 6.07) is 1.01. The maximum absolute atomic E-state index is 12.6. The average Bonchev–Trinajstić information content (AvgIpc) is 2.81. The molecule has 1 rings (SSSR count). The Balaban J connectivity index is 2.73. The van der Waals surface area contributed by atoms with Crippen molar-refractivity contribution in [2.75, 3.05) is 18.9 Å². The van der Waals surface area contributed by atoms with Gasteiger partial charge in [0.15, 0.2) is 0 Å². The van der Waals surface area contributed by atoms with Crippen molar-refractivity contribution in [3.8, 4) is 5.75 Å². The minimum atomic E-state index is -1.37.